The number of nitriles is 1. The van der Waals surface area contributed by atoms with Gasteiger partial charge in [0, 0.05) is 0 Å². The van der Waals surface area contributed by atoms with E-state index >= 15 is 0 Å². The van der Waals surface area contributed by atoms with Crippen LogP contribution in [0.1, 0.15) is 5.82 Å². The summed E-state index contributed by atoms with van der Waals surface area (Å²) >= 11 is 0. The molecule has 0 spiro atoms. The molecule has 1 aromatic rings. The standard InChI is InChI=1S/C5H6N4/c1-5-7-4-9(8-5)3-2-6/h4H,3H2,1H3. The summed E-state index contributed by atoms with van der Waals surface area (Å²) in [5.41, 5.74) is 0. The van der Waals surface area contributed by atoms with Crippen LogP contribution in [0.15, 0.2) is 6.33 Å². The first-order valence-electron chi connectivity index (χ1n) is 2.56. The van der Waals surface area contributed by atoms with E-state index in [0.717, 1.165) is 0 Å². The minimum absolute atomic E-state index is 0.279. The van der Waals surface area contributed by atoms with Crippen molar-refractivity contribution >= 4 is 0 Å². The molecule has 0 radical (unpaired) electrons. The molecule has 0 unspecified atom stereocenters. The average molecular weight is 122 g/mol. The van der Waals surface area contributed by atoms with Crippen LogP contribution < -0.4 is 0 Å². The van der Waals surface area contributed by atoms with Gasteiger partial charge in [-0.1, -0.05) is 0 Å². The molecule has 1 rings (SSSR count). The molecular formula is C5H6N4. The molecule has 0 atom stereocenters. The van der Waals surface area contributed by atoms with Crippen molar-refractivity contribution in [3.05, 3.63) is 12.2 Å². The van der Waals surface area contributed by atoms with Crippen molar-refractivity contribution in [1.82, 2.24) is 14.8 Å². The Kier molecular flexibility index (Phi) is 1.45. The summed E-state index contributed by atoms with van der Waals surface area (Å²) in [7, 11) is 0. The van der Waals surface area contributed by atoms with E-state index in [1.54, 1.807) is 13.3 Å². The number of rotatable bonds is 1. The van der Waals surface area contributed by atoms with Gasteiger partial charge < -0.3 is 0 Å². The van der Waals surface area contributed by atoms with Gasteiger partial charge in [0.15, 0.2) is 0 Å². The van der Waals surface area contributed by atoms with Crippen LogP contribution in [0.2, 0.25) is 0 Å². The molecule has 0 saturated carbocycles. The van der Waals surface area contributed by atoms with E-state index in [1.807, 2.05) is 6.07 Å². The first-order chi connectivity index (χ1) is 4.33. The van der Waals surface area contributed by atoms with Gasteiger partial charge in [-0.25, -0.2) is 9.67 Å². The van der Waals surface area contributed by atoms with E-state index in [2.05, 4.69) is 10.1 Å². The maximum Gasteiger partial charge on any atom is 0.147 e. The van der Waals surface area contributed by atoms with Crippen molar-refractivity contribution in [2.24, 2.45) is 0 Å². The lowest BCUT2D eigenvalue weighted by Crippen LogP contribution is -1.95. The molecule has 0 amide bonds. The Morgan fingerprint density at radius 2 is 2.67 bits per heavy atom. The van der Waals surface area contributed by atoms with E-state index in [0.29, 0.717) is 5.82 Å². The second-order valence-electron chi connectivity index (χ2n) is 1.65. The summed E-state index contributed by atoms with van der Waals surface area (Å²) in [6, 6.07) is 1.96. The number of nitrogens with zero attached hydrogens (tertiary/aromatic N) is 4. The largest absolute Gasteiger partial charge is 0.239 e. The minimum atomic E-state index is 0.279. The molecule has 9 heavy (non-hydrogen) atoms. The van der Waals surface area contributed by atoms with Gasteiger partial charge >= 0.3 is 0 Å². The van der Waals surface area contributed by atoms with Crippen molar-refractivity contribution in [1.29, 1.82) is 5.26 Å². The van der Waals surface area contributed by atoms with Crippen LogP contribution in [0.3, 0.4) is 0 Å². The third-order valence-electron chi connectivity index (χ3n) is 0.884. The zero-order valence-electron chi connectivity index (χ0n) is 5.07. The van der Waals surface area contributed by atoms with Crippen LogP contribution in [-0.2, 0) is 6.54 Å². The Bertz CT molecular complexity index is 231. The maximum atomic E-state index is 8.19. The van der Waals surface area contributed by atoms with Gasteiger partial charge in [0.2, 0.25) is 0 Å². The Hall–Kier alpha value is -1.37. The summed E-state index contributed by atoms with van der Waals surface area (Å²) in [5.74, 6) is 0.699. The highest BCUT2D eigenvalue weighted by molar-refractivity contribution is 4.78. The van der Waals surface area contributed by atoms with Gasteiger partial charge in [-0.05, 0) is 6.92 Å². The zero-order chi connectivity index (χ0) is 6.69. The van der Waals surface area contributed by atoms with E-state index in [1.165, 1.54) is 4.68 Å². The molecule has 1 aromatic heterocycles. The fourth-order valence-corrected chi connectivity index (χ4v) is 0.536. The third-order valence-corrected chi connectivity index (χ3v) is 0.884. The molecule has 4 heteroatoms. The van der Waals surface area contributed by atoms with Gasteiger partial charge in [0.05, 0.1) is 6.07 Å². The Labute approximate surface area is 52.7 Å². The van der Waals surface area contributed by atoms with Crippen molar-refractivity contribution in [2.45, 2.75) is 13.5 Å². The van der Waals surface area contributed by atoms with Crippen molar-refractivity contribution in [3.63, 3.8) is 0 Å². The van der Waals surface area contributed by atoms with Crippen molar-refractivity contribution < 1.29 is 0 Å². The number of hydrogen-bond donors (Lipinski definition) is 0. The lowest BCUT2D eigenvalue weighted by Gasteiger charge is -1.84. The molecule has 0 bridgehead atoms. The number of hydrogen-bond acceptors (Lipinski definition) is 3. The second-order valence-corrected chi connectivity index (χ2v) is 1.65. The molecule has 0 saturated heterocycles. The van der Waals surface area contributed by atoms with Crippen molar-refractivity contribution in [3.8, 4) is 6.07 Å². The van der Waals surface area contributed by atoms with Crippen molar-refractivity contribution in [2.75, 3.05) is 0 Å². The fraction of sp³-hybridized carbons (Fsp3) is 0.400. The maximum absolute atomic E-state index is 8.19. The molecule has 0 aliphatic carbocycles. The normalized spacial score (nSPS) is 8.89. The summed E-state index contributed by atoms with van der Waals surface area (Å²) < 4.78 is 1.50. The second kappa shape index (κ2) is 2.27. The number of aryl methyl sites for hydroxylation is 1. The number of aromatic nitrogens is 3. The van der Waals surface area contributed by atoms with Gasteiger partial charge in [0.1, 0.15) is 18.7 Å². The third kappa shape index (κ3) is 1.26. The van der Waals surface area contributed by atoms with E-state index < -0.39 is 0 Å². The molecule has 1 heterocycles. The molecular weight excluding hydrogens is 116 g/mol. The Balaban J connectivity index is 2.76. The lowest BCUT2D eigenvalue weighted by atomic mass is 10.7. The molecule has 4 nitrogen and oxygen atoms in total. The van der Waals surface area contributed by atoms with Gasteiger partial charge in [-0.15, -0.1) is 0 Å². The van der Waals surface area contributed by atoms with Gasteiger partial charge in [-0.3, -0.25) is 0 Å². The first-order valence-corrected chi connectivity index (χ1v) is 2.56. The molecule has 0 aromatic carbocycles. The smallest absolute Gasteiger partial charge is 0.147 e. The minimum Gasteiger partial charge on any atom is -0.239 e. The predicted octanol–water partition coefficient (Wildman–Crippen LogP) is 0.110. The summed E-state index contributed by atoms with van der Waals surface area (Å²) in [6.07, 6.45) is 1.54. The SMILES string of the molecule is Cc1ncn(CC#N)n1. The highest BCUT2D eigenvalue weighted by Gasteiger charge is 1.90. The summed E-state index contributed by atoms with van der Waals surface area (Å²) in [4.78, 5) is 3.84. The van der Waals surface area contributed by atoms with Gasteiger partial charge in [0.25, 0.3) is 0 Å². The fourth-order valence-electron chi connectivity index (χ4n) is 0.536. The summed E-state index contributed by atoms with van der Waals surface area (Å²) in [6.45, 7) is 2.06. The highest BCUT2D eigenvalue weighted by Crippen LogP contribution is 1.83. The van der Waals surface area contributed by atoms with Crippen LogP contribution in [0.4, 0.5) is 0 Å². The molecule has 46 valence electrons. The van der Waals surface area contributed by atoms with Crippen LogP contribution in [0.25, 0.3) is 0 Å². The van der Waals surface area contributed by atoms with Crippen LogP contribution in [0, 0.1) is 18.3 Å². The van der Waals surface area contributed by atoms with E-state index in [9.17, 15) is 0 Å². The summed E-state index contributed by atoms with van der Waals surface area (Å²) in [5, 5.41) is 12.1. The predicted molar refractivity (Wildman–Crippen MR) is 30.4 cm³/mol. The average Bonchev–Trinajstić information content (AvgIpc) is 2.17. The molecule has 0 N–H and O–H groups in total. The quantitative estimate of drug-likeness (QED) is 0.531. The van der Waals surface area contributed by atoms with Crippen LogP contribution in [0.5, 0.6) is 0 Å². The van der Waals surface area contributed by atoms with Crippen LogP contribution >= 0.6 is 0 Å². The molecule has 0 fully saturated rings. The molecule has 0 aliphatic heterocycles. The highest BCUT2D eigenvalue weighted by atomic mass is 15.3. The first kappa shape index (κ1) is 5.76. The topological polar surface area (TPSA) is 54.5 Å². The Morgan fingerprint density at radius 1 is 1.89 bits per heavy atom. The van der Waals surface area contributed by atoms with E-state index in [4.69, 9.17) is 5.26 Å². The lowest BCUT2D eigenvalue weighted by molar-refractivity contribution is 0.701. The zero-order valence-corrected chi connectivity index (χ0v) is 5.07. The van der Waals surface area contributed by atoms with Crippen LogP contribution in [-0.4, -0.2) is 14.8 Å². The Morgan fingerprint density at radius 3 is 3.11 bits per heavy atom. The van der Waals surface area contributed by atoms with Gasteiger partial charge in [-0.2, -0.15) is 10.4 Å². The monoisotopic (exact) mass is 122 g/mol. The molecule has 0 aliphatic rings. The van der Waals surface area contributed by atoms with E-state index in [-0.39, 0.29) is 6.54 Å².